The molecule has 4 rings (SSSR count). The van der Waals surface area contributed by atoms with Crippen LogP contribution in [0.25, 0.3) is 11.0 Å². The number of benzene rings is 2. The van der Waals surface area contributed by atoms with Gasteiger partial charge in [0.25, 0.3) is 5.91 Å². The third-order valence-corrected chi connectivity index (χ3v) is 5.57. The molecule has 1 atom stereocenters. The number of rotatable bonds is 7. The molecule has 0 aliphatic carbocycles. The van der Waals surface area contributed by atoms with Gasteiger partial charge < -0.3 is 14.1 Å². The number of para-hydroxylation sites is 1. The van der Waals surface area contributed by atoms with Gasteiger partial charge in [-0.05, 0) is 49.9 Å². The molecule has 2 aromatic carbocycles. The SMILES string of the molecule is CCc1ccc([C@H]2c3c(oc4ccccc4c3=O)C(=O)N2CCCOC(C)C)cc1. The van der Waals surface area contributed by atoms with E-state index in [-0.39, 0.29) is 23.2 Å². The lowest BCUT2D eigenvalue weighted by Crippen LogP contribution is -2.31. The Bertz CT molecular complexity index is 1110. The van der Waals surface area contributed by atoms with Gasteiger partial charge in [-0.25, -0.2) is 0 Å². The van der Waals surface area contributed by atoms with Crippen LogP contribution in [-0.2, 0) is 11.2 Å². The number of ether oxygens (including phenoxy) is 1. The van der Waals surface area contributed by atoms with Gasteiger partial charge in [-0.15, -0.1) is 0 Å². The molecule has 1 aliphatic rings. The standard InChI is InChI=1S/C25H27NO4/c1-4-17-10-12-18(13-11-17)22-21-23(27)19-8-5-6-9-20(19)30-24(21)25(28)26(22)14-7-15-29-16(2)3/h5-6,8-13,16,22H,4,7,14-15H2,1-3H3/t22-/m0/s1. The van der Waals surface area contributed by atoms with Crippen molar-refractivity contribution in [2.45, 2.75) is 45.8 Å². The molecular weight excluding hydrogens is 378 g/mol. The van der Waals surface area contributed by atoms with E-state index in [1.165, 1.54) is 5.56 Å². The zero-order valence-electron chi connectivity index (χ0n) is 17.7. The first-order chi connectivity index (χ1) is 14.5. The van der Waals surface area contributed by atoms with Crippen molar-refractivity contribution in [3.8, 4) is 0 Å². The summed E-state index contributed by atoms with van der Waals surface area (Å²) in [4.78, 5) is 28.4. The number of fused-ring (bicyclic) bond motifs is 2. The highest BCUT2D eigenvalue weighted by atomic mass is 16.5. The smallest absolute Gasteiger partial charge is 0.290 e. The highest BCUT2D eigenvalue weighted by Crippen LogP contribution is 2.38. The lowest BCUT2D eigenvalue weighted by Gasteiger charge is -2.25. The minimum absolute atomic E-state index is 0.134. The van der Waals surface area contributed by atoms with Crippen LogP contribution < -0.4 is 5.43 Å². The predicted molar refractivity (Wildman–Crippen MR) is 117 cm³/mol. The van der Waals surface area contributed by atoms with E-state index in [2.05, 4.69) is 19.1 Å². The molecule has 2 heterocycles. The molecule has 0 radical (unpaired) electrons. The molecule has 0 saturated heterocycles. The van der Waals surface area contributed by atoms with Crippen LogP contribution >= 0.6 is 0 Å². The summed E-state index contributed by atoms with van der Waals surface area (Å²) in [6, 6.07) is 14.8. The maximum atomic E-state index is 13.4. The van der Waals surface area contributed by atoms with E-state index in [9.17, 15) is 9.59 Å². The Kier molecular flexibility index (Phi) is 5.73. The molecule has 5 nitrogen and oxygen atoms in total. The first-order valence-electron chi connectivity index (χ1n) is 10.6. The second kappa shape index (κ2) is 8.44. The Morgan fingerprint density at radius 2 is 1.80 bits per heavy atom. The molecule has 0 spiro atoms. The van der Waals surface area contributed by atoms with Crippen LogP contribution in [0.5, 0.6) is 0 Å². The maximum Gasteiger partial charge on any atom is 0.290 e. The number of hydrogen-bond acceptors (Lipinski definition) is 4. The van der Waals surface area contributed by atoms with Gasteiger partial charge in [-0.1, -0.05) is 43.3 Å². The molecule has 156 valence electrons. The summed E-state index contributed by atoms with van der Waals surface area (Å²) in [5, 5.41) is 0.504. The van der Waals surface area contributed by atoms with Crippen molar-refractivity contribution in [2.24, 2.45) is 0 Å². The van der Waals surface area contributed by atoms with Crippen molar-refractivity contribution in [2.75, 3.05) is 13.2 Å². The Morgan fingerprint density at radius 1 is 1.07 bits per heavy atom. The van der Waals surface area contributed by atoms with Gasteiger partial charge in [0.05, 0.1) is 23.1 Å². The van der Waals surface area contributed by atoms with Crippen molar-refractivity contribution in [1.29, 1.82) is 0 Å². The van der Waals surface area contributed by atoms with Crippen molar-refractivity contribution in [1.82, 2.24) is 4.90 Å². The van der Waals surface area contributed by atoms with Gasteiger partial charge >= 0.3 is 0 Å². The number of carbonyl (C=O) groups excluding carboxylic acids is 1. The second-order valence-corrected chi connectivity index (χ2v) is 7.94. The van der Waals surface area contributed by atoms with Crippen molar-refractivity contribution in [3.05, 3.63) is 81.2 Å². The molecule has 1 aliphatic heterocycles. The number of nitrogens with zero attached hydrogens (tertiary/aromatic N) is 1. The monoisotopic (exact) mass is 405 g/mol. The molecule has 0 N–H and O–H groups in total. The van der Waals surface area contributed by atoms with Crippen molar-refractivity contribution in [3.63, 3.8) is 0 Å². The lowest BCUT2D eigenvalue weighted by atomic mass is 9.97. The Balaban J connectivity index is 1.78. The summed E-state index contributed by atoms with van der Waals surface area (Å²) in [5.74, 6) is -0.0741. The van der Waals surface area contributed by atoms with Crippen LogP contribution in [0.15, 0.2) is 57.7 Å². The van der Waals surface area contributed by atoms with Gasteiger partial charge in [0.2, 0.25) is 5.76 Å². The van der Waals surface area contributed by atoms with Crippen LogP contribution in [0.3, 0.4) is 0 Å². The van der Waals surface area contributed by atoms with Crippen LogP contribution in [0.4, 0.5) is 0 Å². The summed E-state index contributed by atoms with van der Waals surface area (Å²) in [7, 11) is 0. The molecule has 1 aromatic heterocycles. The molecular formula is C25H27NO4. The Labute approximate surface area is 176 Å². The molecule has 1 amide bonds. The van der Waals surface area contributed by atoms with E-state index in [1.807, 2.05) is 32.0 Å². The predicted octanol–water partition coefficient (Wildman–Crippen LogP) is 4.72. The second-order valence-electron chi connectivity index (χ2n) is 7.94. The zero-order valence-corrected chi connectivity index (χ0v) is 17.7. The fourth-order valence-corrected chi connectivity index (χ4v) is 4.03. The Hall–Kier alpha value is -2.92. The molecule has 30 heavy (non-hydrogen) atoms. The van der Waals surface area contributed by atoms with Crippen LogP contribution in [0, 0.1) is 0 Å². The number of amides is 1. The third kappa shape index (κ3) is 3.65. The Morgan fingerprint density at radius 3 is 2.50 bits per heavy atom. The number of hydrogen-bond donors (Lipinski definition) is 0. The van der Waals surface area contributed by atoms with Gasteiger partial charge in [0.1, 0.15) is 5.58 Å². The summed E-state index contributed by atoms with van der Waals surface area (Å²) in [5.41, 5.74) is 2.88. The maximum absolute atomic E-state index is 13.4. The molecule has 5 heteroatoms. The van der Waals surface area contributed by atoms with Gasteiger partial charge in [-0.3, -0.25) is 9.59 Å². The van der Waals surface area contributed by atoms with E-state index in [0.29, 0.717) is 36.1 Å². The third-order valence-electron chi connectivity index (χ3n) is 5.57. The molecule has 0 bridgehead atoms. The van der Waals surface area contributed by atoms with Gasteiger partial charge in [0.15, 0.2) is 5.43 Å². The van der Waals surface area contributed by atoms with Gasteiger partial charge in [0, 0.05) is 13.2 Å². The summed E-state index contributed by atoms with van der Waals surface area (Å²) >= 11 is 0. The summed E-state index contributed by atoms with van der Waals surface area (Å²) < 4.78 is 11.6. The van der Waals surface area contributed by atoms with E-state index in [1.54, 1.807) is 23.1 Å². The van der Waals surface area contributed by atoms with Crippen molar-refractivity contribution >= 4 is 16.9 Å². The topological polar surface area (TPSA) is 59.8 Å². The zero-order chi connectivity index (χ0) is 21.3. The van der Waals surface area contributed by atoms with E-state index >= 15 is 0 Å². The van der Waals surface area contributed by atoms with Crippen LogP contribution in [0.2, 0.25) is 0 Å². The first-order valence-corrected chi connectivity index (χ1v) is 10.6. The van der Waals surface area contributed by atoms with E-state index < -0.39 is 6.04 Å². The number of aryl methyl sites for hydroxylation is 1. The normalized spacial score (nSPS) is 15.9. The van der Waals surface area contributed by atoms with E-state index in [4.69, 9.17) is 9.15 Å². The average Bonchev–Trinajstić information content (AvgIpc) is 3.03. The van der Waals surface area contributed by atoms with Crippen LogP contribution in [-0.4, -0.2) is 30.1 Å². The summed E-state index contributed by atoms with van der Waals surface area (Å²) in [6.45, 7) is 7.13. The fraction of sp³-hybridized carbons (Fsp3) is 0.360. The van der Waals surface area contributed by atoms with Crippen LogP contribution in [0.1, 0.15) is 60.5 Å². The summed E-state index contributed by atoms with van der Waals surface area (Å²) in [6.07, 6.45) is 1.76. The lowest BCUT2D eigenvalue weighted by molar-refractivity contribution is 0.0593. The molecule has 3 aromatic rings. The molecule has 0 fully saturated rings. The molecule has 0 unspecified atom stereocenters. The minimum Gasteiger partial charge on any atom is -0.450 e. The van der Waals surface area contributed by atoms with Crippen molar-refractivity contribution < 1.29 is 13.9 Å². The largest absolute Gasteiger partial charge is 0.450 e. The minimum atomic E-state index is -0.446. The average molecular weight is 405 g/mol. The number of carbonyl (C=O) groups is 1. The highest BCUT2D eigenvalue weighted by molar-refractivity contribution is 5.99. The molecule has 0 saturated carbocycles. The first kappa shape index (κ1) is 20.4. The van der Waals surface area contributed by atoms with Gasteiger partial charge in [-0.2, -0.15) is 0 Å². The fourth-order valence-electron chi connectivity index (χ4n) is 4.03. The quantitative estimate of drug-likeness (QED) is 0.534. The van der Waals surface area contributed by atoms with E-state index in [0.717, 1.165) is 12.0 Å². The highest BCUT2D eigenvalue weighted by Gasteiger charge is 2.42.